The minimum atomic E-state index is -0.0205. The lowest BCUT2D eigenvalue weighted by Gasteiger charge is -2.31. The number of hydrogen-bond acceptors (Lipinski definition) is 5. The van der Waals surface area contributed by atoms with E-state index in [1.165, 1.54) is 11.1 Å². The Hall–Kier alpha value is -3.19. The normalized spacial score (nSPS) is 16.4. The fraction of sp³-hybridized carbons (Fsp3) is 0.320. The minimum Gasteiger partial charge on any atom is -0.352 e. The zero-order valence-electron chi connectivity index (χ0n) is 18.4. The number of imidazole rings is 1. The van der Waals surface area contributed by atoms with Gasteiger partial charge in [0, 0.05) is 25.2 Å². The standard InChI is InChI=1S/C25H27N5OS/c1-17-8-10-20(11-9-17)22-16-30-24(27-22)32-25(28-30)29-12-4-7-21(15-29)23(31)26-14-19-6-3-5-18(2)13-19/h3,5-6,8-11,13,16,21H,4,7,12,14-15H2,1-2H3,(H,26,31). The Labute approximate surface area is 191 Å². The molecule has 1 amide bonds. The second-order valence-corrected chi connectivity index (χ2v) is 9.53. The van der Waals surface area contributed by atoms with Gasteiger partial charge in [0.15, 0.2) is 0 Å². The first-order chi connectivity index (χ1) is 15.5. The average molecular weight is 446 g/mol. The molecule has 0 saturated carbocycles. The van der Waals surface area contributed by atoms with Crippen LogP contribution in [0.5, 0.6) is 0 Å². The number of rotatable bonds is 5. The van der Waals surface area contributed by atoms with Crippen LogP contribution in [0.15, 0.2) is 54.7 Å². The highest BCUT2D eigenvalue weighted by Gasteiger charge is 2.27. The van der Waals surface area contributed by atoms with E-state index in [2.05, 4.69) is 66.5 Å². The van der Waals surface area contributed by atoms with Crippen molar-refractivity contribution < 1.29 is 4.79 Å². The van der Waals surface area contributed by atoms with E-state index in [9.17, 15) is 4.79 Å². The lowest BCUT2D eigenvalue weighted by atomic mass is 9.97. The van der Waals surface area contributed by atoms with Gasteiger partial charge in [0.25, 0.3) is 0 Å². The van der Waals surface area contributed by atoms with Crippen LogP contribution in [0.3, 0.4) is 0 Å². The first kappa shape index (κ1) is 20.7. The van der Waals surface area contributed by atoms with Crippen LogP contribution in [-0.4, -0.2) is 33.6 Å². The summed E-state index contributed by atoms with van der Waals surface area (Å²) >= 11 is 1.58. The van der Waals surface area contributed by atoms with E-state index in [1.54, 1.807) is 11.3 Å². The van der Waals surface area contributed by atoms with Gasteiger partial charge < -0.3 is 10.2 Å². The fourth-order valence-electron chi connectivity index (χ4n) is 4.20. The third-order valence-corrected chi connectivity index (χ3v) is 6.98. The molecule has 0 radical (unpaired) electrons. The molecule has 1 fully saturated rings. The van der Waals surface area contributed by atoms with E-state index in [-0.39, 0.29) is 11.8 Å². The van der Waals surface area contributed by atoms with Gasteiger partial charge in [0.2, 0.25) is 16.0 Å². The first-order valence-electron chi connectivity index (χ1n) is 11.1. The van der Waals surface area contributed by atoms with E-state index in [1.807, 2.05) is 16.8 Å². The monoisotopic (exact) mass is 445 g/mol. The predicted molar refractivity (Wildman–Crippen MR) is 129 cm³/mol. The van der Waals surface area contributed by atoms with Crippen molar-refractivity contribution in [3.63, 3.8) is 0 Å². The molecule has 1 aliphatic heterocycles. The third-order valence-electron chi connectivity index (χ3n) is 5.99. The van der Waals surface area contributed by atoms with Crippen LogP contribution < -0.4 is 10.2 Å². The summed E-state index contributed by atoms with van der Waals surface area (Å²) in [7, 11) is 0. The summed E-state index contributed by atoms with van der Waals surface area (Å²) in [5, 5.41) is 8.81. The second-order valence-electron chi connectivity index (χ2n) is 8.60. The van der Waals surface area contributed by atoms with E-state index in [0.29, 0.717) is 13.1 Å². The summed E-state index contributed by atoms with van der Waals surface area (Å²) in [6.07, 6.45) is 3.88. The maximum atomic E-state index is 12.8. The molecule has 1 N–H and O–H groups in total. The van der Waals surface area contributed by atoms with Crippen LogP contribution in [0.25, 0.3) is 16.2 Å². The molecular weight excluding hydrogens is 418 g/mol. The van der Waals surface area contributed by atoms with Crippen LogP contribution in [0.4, 0.5) is 5.13 Å². The highest BCUT2D eigenvalue weighted by atomic mass is 32.1. The zero-order valence-corrected chi connectivity index (χ0v) is 19.2. The van der Waals surface area contributed by atoms with Gasteiger partial charge in [-0.25, -0.2) is 9.50 Å². The van der Waals surface area contributed by atoms with E-state index >= 15 is 0 Å². The lowest BCUT2D eigenvalue weighted by Crippen LogP contribution is -2.43. The molecule has 1 atom stereocenters. The van der Waals surface area contributed by atoms with Gasteiger partial charge in [-0.2, -0.15) is 0 Å². The number of nitrogens with zero attached hydrogens (tertiary/aromatic N) is 4. The van der Waals surface area contributed by atoms with E-state index < -0.39 is 0 Å². The molecule has 1 unspecified atom stereocenters. The largest absolute Gasteiger partial charge is 0.352 e. The number of nitrogens with one attached hydrogen (secondary N) is 1. The number of carbonyl (C=O) groups is 1. The van der Waals surface area contributed by atoms with Crippen LogP contribution in [0, 0.1) is 19.8 Å². The summed E-state index contributed by atoms with van der Waals surface area (Å²) in [5.41, 5.74) is 5.61. The molecule has 2 aromatic heterocycles. The number of hydrogen-bond donors (Lipinski definition) is 1. The Morgan fingerprint density at radius 1 is 1.16 bits per heavy atom. The van der Waals surface area contributed by atoms with E-state index in [4.69, 9.17) is 10.1 Å². The molecule has 2 aromatic carbocycles. The molecule has 32 heavy (non-hydrogen) atoms. The van der Waals surface area contributed by atoms with Crippen molar-refractivity contribution in [2.75, 3.05) is 18.0 Å². The second kappa shape index (κ2) is 8.74. The first-order valence-corrected chi connectivity index (χ1v) is 11.9. The Kier molecular flexibility index (Phi) is 5.66. The Morgan fingerprint density at radius 2 is 2.00 bits per heavy atom. The van der Waals surface area contributed by atoms with Gasteiger partial charge in [0.1, 0.15) is 0 Å². The molecular formula is C25H27N5OS. The maximum Gasteiger partial charge on any atom is 0.225 e. The van der Waals surface area contributed by atoms with Crippen molar-refractivity contribution in [2.45, 2.75) is 33.2 Å². The number of aryl methyl sites for hydroxylation is 2. The summed E-state index contributed by atoms with van der Waals surface area (Å²) in [4.78, 5) is 20.7. The summed E-state index contributed by atoms with van der Waals surface area (Å²) < 4.78 is 1.86. The topological polar surface area (TPSA) is 62.5 Å². The molecule has 7 heteroatoms. The van der Waals surface area contributed by atoms with Crippen molar-refractivity contribution in [1.29, 1.82) is 0 Å². The van der Waals surface area contributed by atoms with Crippen LogP contribution in [0.2, 0.25) is 0 Å². The van der Waals surface area contributed by atoms with Crippen LogP contribution >= 0.6 is 11.3 Å². The fourth-order valence-corrected chi connectivity index (χ4v) is 5.12. The zero-order chi connectivity index (χ0) is 22.1. The molecule has 164 valence electrons. The Balaban J connectivity index is 1.25. The van der Waals surface area contributed by atoms with Crippen LogP contribution in [-0.2, 0) is 11.3 Å². The molecule has 5 rings (SSSR count). The van der Waals surface area contributed by atoms with Crippen molar-refractivity contribution >= 4 is 27.3 Å². The molecule has 3 heterocycles. The number of carbonyl (C=O) groups excluding carboxylic acids is 1. The molecule has 0 aliphatic carbocycles. The van der Waals surface area contributed by atoms with Crippen molar-refractivity contribution in [3.05, 3.63) is 71.4 Å². The van der Waals surface area contributed by atoms with Gasteiger partial charge >= 0.3 is 0 Å². The summed E-state index contributed by atoms with van der Waals surface area (Å²) in [5.74, 6) is 0.104. The maximum absolute atomic E-state index is 12.8. The predicted octanol–water partition coefficient (Wildman–Crippen LogP) is 4.61. The highest BCUT2D eigenvalue weighted by Crippen LogP contribution is 2.30. The molecule has 1 aliphatic rings. The number of amides is 1. The molecule has 4 aromatic rings. The van der Waals surface area contributed by atoms with E-state index in [0.717, 1.165) is 46.3 Å². The van der Waals surface area contributed by atoms with Gasteiger partial charge in [-0.1, -0.05) is 71.0 Å². The third kappa shape index (κ3) is 4.39. The summed E-state index contributed by atoms with van der Waals surface area (Å²) in [6.45, 7) is 6.34. The minimum absolute atomic E-state index is 0.0205. The summed E-state index contributed by atoms with van der Waals surface area (Å²) in [6, 6.07) is 16.6. The van der Waals surface area contributed by atoms with Gasteiger partial charge in [-0.3, -0.25) is 4.79 Å². The van der Waals surface area contributed by atoms with Crippen molar-refractivity contribution in [2.24, 2.45) is 5.92 Å². The average Bonchev–Trinajstić information content (AvgIpc) is 3.38. The quantitative estimate of drug-likeness (QED) is 0.487. The molecule has 1 saturated heterocycles. The van der Waals surface area contributed by atoms with Crippen molar-refractivity contribution in [3.8, 4) is 11.3 Å². The van der Waals surface area contributed by atoms with Gasteiger partial charge in [-0.05, 0) is 32.3 Å². The number of fused-ring (bicyclic) bond motifs is 1. The molecule has 0 spiro atoms. The number of aromatic nitrogens is 3. The lowest BCUT2D eigenvalue weighted by molar-refractivity contribution is -0.125. The SMILES string of the molecule is Cc1ccc(-c2cn3nc(N4CCCC(C(=O)NCc5cccc(C)c5)C4)sc3n2)cc1. The Morgan fingerprint density at radius 3 is 2.78 bits per heavy atom. The molecule has 0 bridgehead atoms. The Bertz CT molecular complexity index is 1210. The smallest absolute Gasteiger partial charge is 0.225 e. The highest BCUT2D eigenvalue weighted by molar-refractivity contribution is 7.20. The van der Waals surface area contributed by atoms with Gasteiger partial charge in [-0.15, -0.1) is 5.10 Å². The molecule has 6 nitrogen and oxygen atoms in total. The van der Waals surface area contributed by atoms with Gasteiger partial charge in [0.05, 0.1) is 17.8 Å². The van der Waals surface area contributed by atoms with Crippen molar-refractivity contribution in [1.82, 2.24) is 19.9 Å². The number of piperidine rings is 1. The van der Waals surface area contributed by atoms with Crippen LogP contribution in [0.1, 0.15) is 29.5 Å². The number of anilines is 1. The number of benzene rings is 2.